The highest BCUT2D eigenvalue weighted by atomic mass is 32.2. The van der Waals surface area contributed by atoms with Crippen molar-refractivity contribution in [2.75, 3.05) is 70.3 Å². The zero-order valence-corrected chi connectivity index (χ0v) is 17.2. The van der Waals surface area contributed by atoms with Crippen molar-refractivity contribution in [2.24, 2.45) is 4.99 Å². The zero-order chi connectivity index (χ0) is 18.7. The first-order chi connectivity index (χ1) is 12.6. The van der Waals surface area contributed by atoms with Gasteiger partial charge in [0.15, 0.2) is 5.96 Å². The molecule has 26 heavy (non-hydrogen) atoms. The van der Waals surface area contributed by atoms with Gasteiger partial charge in [0.2, 0.25) is 10.0 Å². The highest BCUT2D eigenvalue weighted by Gasteiger charge is 2.23. The van der Waals surface area contributed by atoms with E-state index in [-0.39, 0.29) is 11.9 Å². The lowest BCUT2D eigenvalue weighted by Gasteiger charge is -2.25. The van der Waals surface area contributed by atoms with E-state index in [4.69, 9.17) is 9.47 Å². The number of hydrogen-bond acceptors (Lipinski definition) is 6. The van der Waals surface area contributed by atoms with Crippen LogP contribution in [0.4, 0.5) is 0 Å². The van der Waals surface area contributed by atoms with E-state index < -0.39 is 10.0 Å². The molecule has 0 aromatic carbocycles. The number of sulfonamides is 1. The molecular formula is C16H32N4O4S2. The van der Waals surface area contributed by atoms with Gasteiger partial charge in [0, 0.05) is 57.9 Å². The molecule has 152 valence electrons. The molecule has 1 atom stereocenters. The van der Waals surface area contributed by atoms with E-state index in [0.29, 0.717) is 38.8 Å². The molecule has 0 spiro atoms. The Morgan fingerprint density at radius 2 is 2.08 bits per heavy atom. The Bertz CT molecular complexity index is 518. The average molecular weight is 409 g/mol. The van der Waals surface area contributed by atoms with Gasteiger partial charge in [0.25, 0.3) is 0 Å². The standard InChI is InChI=1S/C16H32N4O4S2/c1-17-16(18-5-3-9-23-14-15-4-2-10-24-15)19-6-13-26(21,22)20-7-11-25-12-8-20/h15H,2-14H2,1H3,(H2,17,18,19). The van der Waals surface area contributed by atoms with E-state index in [1.165, 1.54) is 0 Å². The molecule has 0 aromatic heterocycles. The van der Waals surface area contributed by atoms with E-state index in [2.05, 4.69) is 15.6 Å². The maximum absolute atomic E-state index is 12.3. The molecule has 8 nitrogen and oxygen atoms in total. The predicted molar refractivity (Wildman–Crippen MR) is 106 cm³/mol. The minimum absolute atomic E-state index is 0.0862. The van der Waals surface area contributed by atoms with Crippen molar-refractivity contribution >= 4 is 27.7 Å². The number of rotatable bonds is 10. The first kappa shape index (κ1) is 21.7. The molecular weight excluding hydrogens is 376 g/mol. The van der Waals surface area contributed by atoms with Gasteiger partial charge in [0.05, 0.1) is 18.5 Å². The number of aliphatic imine (C=N–C) groups is 1. The Morgan fingerprint density at radius 1 is 1.31 bits per heavy atom. The van der Waals surface area contributed by atoms with E-state index in [1.807, 2.05) is 0 Å². The second kappa shape index (κ2) is 12.0. The van der Waals surface area contributed by atoms with Gasteiger partial charge in [-0.05, 0) is 19.3 Å². The average Bonchev–Trinajstić information content (AvgIpc) is 3.17. The zero-order valence-electron chi connectivity index (χ0n) is 15.6. The van der Waals surface area contributed by atoms with Crippen LogP contribution >= 0.6 is 11.8 Å². The SMILES string of the molecule is CN=C(NCCCOCC1CCCO1)NCCS(=O)(=O)N1CCSCC1. The molecule has 2 aliphatic heterocycles. The molecule has 1 unspecified atom stereocenters. The minimum atomic E-state index is -3.19. The Hall–Kier alpha value is -0.550. The fourth-order valence-electron chi connectivity index (χ4n) is 2.84. The molecule has 0 saturated carbocycles. The summed E-state index contributed by atoms with van der Waals surface area (Å²) in [6.45, 7) is 4.50. The molecule has 0 radical (unpaired) electrons. The smallest absolute Gasteiger partial charge is 0.215 e. The third-order valence-corrected chi connectivity index (χ3v) is 7.14. The second-order valence-electron chi connectivity index (χ2n) is 6.32. The first-order valence-electron chi connectivity index (χ1n) is 9.31. The van der Waals surface area contributed by atoms with Crippen LogP contribution < -0.4 is 10.6 Å². The van der Waals surface area contributed by atoms with Crippen LogP contribution in [0.15, 0.2) is 4.99 Å². The summed E-state index contributed by atoms with van der Waals surface area (Å²) in [5.41, 5.74) is 0. The number of nitrogens with one attached hydrogen (secondary N) is 2. The van der Waals surface area contributed by atoms with Crippen LogP contribution in [0.1, 0.15) is 19.3 Å². The summed E-state index contributed by atoms with van der Waals surface area (Å²) in [7, 11) is -1.50. The molecule has 2 heterocycles. The van der Waals surface area contributed by atoms with E-state index >= 15 is 0 Å². The topological polar surface area (TPSA) is 92.3 Å². The van der Waals surface area contributed by atoms with Gasteiger partial charge in [-0.2, -0.15) is 11.8 Å². The molecule has 0 aliphatic carbocycles. The second-order valence-corrected chi connectivity index (χ2v) is 9.63. The molecule has 0 bridgehead atoms. The van der Waals surface area contributed by atoms with Crippen LogP contribution in [0.5, 0.6) is 0 Å². The third-order valence-electron chi connectivity index (χ3n) is 4.33. The Balaban J connectivity index is 1.53. The molecule has 2 saturated heterocycles. The fraction of sp³-hybridized carbons (Fsp3) is 0.938. The van der Waals surface area contributed by atoms with E-state index in [9.17, 15) is 8.42 Å². The normalized spacial score (nSPS) is 22.5. The van der Waals surface area contributed by atoms with E-state index in [1.54, 1.807) is 23.1 Å². The number of nitrogens with zero attached hydrogens (tertiary/aromatic N) is 2. The molecule has 2 aliphatic rings. The molecule has 0 amide bonds. The summed E-state index contributed by atoms with van der Waals surface area (Å²) in [5.74, 6) is 2.46. The fourth-order valence-corrected chi connectivity index (χ4v) is 5.34. The Labute approximate surface area is 161 Å². The van der Waals surface area contributed by atoms with Crippen LogP contribution in [0.3, 0.4) is 0 Å². The summed E-state index contributed by atoms with van der Waals surface area (Å²) in [5, 5.41) is 6.25. The number of hydrogen-bond donors (Lipinski definition) is 2. The number of guanidine groups is 1. The predicted octanol–water partition coefficient (Wildman–Crippen LogP) is 0.116. The number of thioether (sulfide) groups is 1. The van der Waals surface area contributed by atoms with Gasteiger partial charge in [-0.25, -0.2) is 12.7 Å². The number of ether oxygens (including phenoxy) is 2. The van der Waals surface area contributed by atoms with Crippen molar-refractivity contribution in [3.8, 4) is 0 Å². The van der Waals surface area contributed by atoms with Crippen molar-refractivity contribution < 1.29 is 17.9 Å². The van der Waals surface area contributed by atoms with Gasteiger partial charge in [0.1, 0.15) is 0 Å². The van der Waals surface area contributed by atoms with Gasteiger partial charge in [-0.15, -0.1) is 0 Å². The van der Waals surface area contributed by atoms with Gasteiger partial charge in [-0.1, -0.05) is 0 Å². The van der Waals surface area contributed by atoms with Crippen molar-refractivity contribution in [3.05, 3.63) is 0 Å². The summed E-state index contributed by atoms with van der Waals surface area (Å²) in [6, 6.07) is 0. The summed E-state index contributed by atoms with van der Waals surface area (Å²) >= 11 is 1.80. The van der Waals surface area contributed by atoms with Crippen LogP contribution in [0.25, 0.3) is 0 Å². The third kappa shape index (κ3) is 7.99. The lowest BCUT2D eigenvalue weighted by Crippen LogP contribution is -2.44. The highest BCUT2D eigenvalue weighted by molar-refractivity contribution is 7.99. The largest absolute Gasteiger partial charge is 0.379 e. The minimum Gasteiger partial charge on any atom is -0.379 e. The summed E-state index contributed by atoms with van der Waals surface area (Å²) < 4.78 is 37.3. The van der Waals surface area contributed by atoms with Crippen LogP contribution in [-0.2, 0) is 19.5 Å². The monoisotopic (exact) mass is 408 g/mol. The lowest BCUT2D eigenvalue weighted by molar-refractivity contribution is 0.0168. The quantitative estimate of drug-likeness (QED) is 0.301. The van der Waals surface area contributed by atoms with E-state index in [0.717, 1.165) is 43.9 Å². The van der Waals surface area contributed by atoms with Gasteiger partial charge >= 0.3 is 0 Å². The van der Waals surface area contributed by atoms with Crippen LogP contribution in [0, 0.1) is 0 Å². The maximum Gasteiger partial charge on any atom is 0.215 e. The lowest BCUT2D eigenvalue weighted by atomic mass is 10.2. The van der Waals surface area contributed by atoms with Crippen molar-refractivity contribution in [3.63, 3.8) is 0 Å². The molecule has 10 heteroatoms. The van der Waals surface area contributed by atoms with Crippen molar-refractivity contribution in [1.29, 1.82) is 0 Å². The molecule has 0 aromatic rings. The highest BCUT2D eigenvalue weighted by Crippen LogP contribution is 2.13. The van der Waals surface area contributed by atoms with Gasteiger partial charge < -0.3 is 20.1 Å². The maximum atomic E-state index is 12.3. The summed E-state index contributed by atoms with van der Waals surface area (Å²) in [4.78, 5) is 4.12. The van der Waals surface area contributed by atoms with Crippen LogP contribution in [-0.4, -0.2) is 95.1 Å². The molecule has 2 rings (SSSR count). The van der Waals surface area contributed by atoms with Crippen molar-refractivity contribution in [2.45, 2.75) is 25.4 Å². The Kier molecular flexibility index (Phi) is 10.1. The molecule has 2 N–H and O–H groups in total. The van der Waals surface area contributed by atoms with Crippen molar-refractivity contribution in [1.82, 2.24) is 14.9 Å². The van der Waals surface area contributed by atoms with Gasteiger partial charge in [-0.3, -0.25) is 4.99 Å². The summed E-state index contributed by atoms with van der Waals surface area (Å²) in [6.07, 6.45) is 3.34. The van der Waals surface area contributed by atoms with Crippen LogP contribution in [0.2, 0.25) is 0 Å². The first-order valence-corrected chi connectivity index (χ1v) is 12.1. The molecule has 2 fully saturated rings. The Morgan fingerprint density at radius 3 is 2.77 bits per heavy atom.